The van der Waals surface area contributed by atoms with Gasteiger partial charge in [0.15, 0.2) is 0 Å². The maximum atomic E-state index is 12.6. The van der Waals surface area contributed by atoms with Crippen LogP contribution in [0.1, 0.15) is 43.4 Å². The molecule has 1 saturated carbocycles. The minimum atomic E-state index is -3.43. The molecule has 5 nitrogen and oxygen atoms in total. The number of nitrogens with one attached hydrogen (secondary N) is 1. The van der Waals surface area contributed by atoms with Gasteiger partial charge in [0.1, 0.15) is 5.75 Å². The third-order valence-corrected chi connectivity index (χ3v) is 6.26. The molecule has 1 fully saturated rings. The molecule has 0 heterocycles. The van der Waals surface area contributed by atoms with Gasteiger partial charge in [0.2, 0.25) is 0 Å². The molecule has 0 radical (unpaired) electrons. The van der Waals surface area contributed by atoms with Crippen molar-refractivity contribution in [3.8, 4) is 5.75 Å². The van der Waals surface area contributed by atoms with Gasteiger partial charge in [-0.05, 0) is 48.8 Å². The summed E-state index contributed by atoms with van der Waals surface area (Å²) < 4.78 is 35.1. The van der Waals surface area contributed by atoms with Crippen molar-refractivity contribution in [2.24, 2.45) is 5.92 Å². The van der Waals surface area contributed by atoms with E-state index in [9.17, 15) is 8.42 Å². The lowest BCUT2D eigenvalue weighted by atomic mass is 10.1. The van der Waals surface area contributed by atoms with Crippen LogP contribution in [-0.4, -0.2) is 32.9 Å². The summed E-state index contributed by atoms with van der Waals surface area (Å²) in [5, 5.41) is 0. The normalized spacial score (nSPS) is 21.1. The molecule has 1 aromatic carbocycles. The Labute approximate surface area is 132 Å². The van der Waals surface area contributed by atoms with E-state index in [1.54, 1.807) is 11.4 Å². The van der Waals surface area contributed by atoms with Crippen LogP contribution in [0.2, 0.25) is 0 Å². The Morgan fingerprint density at radius 3 is 2.73 bits per heavy atom. The van der Waals surface area contributed by atoms with Crippen LogP contribution in [-0.2, 0) is 16.6 Å². The molecular weight excluding hydrogens is 300 g/mol. The van der Waals surface area contributed by atoms with E-state index in [2.05, 4.69) is 4.72 Å². The Morgan fingerprint density at radius 1 is 1.32 bits per heavy atom. The van der Waals surface area contributed by atoms with Gasteiger partial charge in [-0.15, -0.1) is 0 Å². The first-order chi connectivity index (χ1) is 10.5. The largest absolute Gasteiger partial charge is 0.496 e. The van der Waals surface area contributed by atoms with Gasteiger partial charge in [-0.25, -0.2) is 0 Å². The van der Waals surface area contributed by atoms with Gasteiger partial charge in [-0.3, -0.25) is 0 Å². The number of nitrogens with zero attached hydrogens (tertiary/aromatic N) is 1. The number of rotatable bonds is 7. The average molecular weight is 324 g/mol. The highest BCUT2D eigenvalue weighted by molar-refractivity contribution is 7.87. The average Bonchev–Trinajstić information content (AvgIpc) is 3.25. The van der Waals surface area contributed by atoms with E-state index in [0.29, 0.717) is 19.0 Å². The summed E-state index contributed by atoms with van der Waals surface area (Å²) >= 11 is 0. The molecule has 0 spiro atoms. The Balaban J connectivity index is 1.77. The number of hydrogen-bond donors (Lipinski definition) is 1. The summed E-state index contributed by atoms with van der Waals surface area (Å²) in [6.45, 7) is 3.06. The molecule has 2 aliphatic rings. The molecule has 2 aliphatic carbocycles. The Kier molecular flexibility index (Phi) is 4.43. The molecule has 0 aliphatic heterocycles. The van der Waals surface area contributed by atoms with Crippen LogP contribution in [0.5, 0.6) is 5.75 Å². The van der Waals surface area contributed by atoms with Gasteiger partial charge < -0.3 is 4.74 Å². The molecule has 0 bridgehead atoms. The molecule has 22 heavy (non-hydrogen) atoms. The first-order valence-electron chi connectivity index (χ1n) is 7.98. The van der Waals surface area contributed by atoms with E-state index < -0.39 is 10.2 Å². The van der Waals surface area contributed by atoms with Gasteiger partial charge in [0.05, 0.1) is 7.11 Å². The minimum Gasteiger partial charge on any atom is -0.496 e. The van der Waals surface area contributed by atoms with Crippen molar-refractivity contribution in [2.45, 2.75) is 38.6 Å². The van der Waals surface area contributed by atoms with Crippen LogP contribution in [0.15, 0.2) is 18.2 Å². The van der Waals surface area contributed by atoms with Crippen LogP contribution in [0.3, 0.4) is 0 Å². The lowest BCUT2D eigenvalue weighted by Crippen LogP contribution is -2.42. The second-order valence-corrected chi connectivity index (χ2v) is 7.84. The van der Waals surface area contributed by atoms with Gasteiger partial charge >= 0.3 is 0 Å². The number of hydrogen-bond acceptors (Lipinski definition) is 3. The summed E-state index contributed by atoms with van der Waals surface area (Å²) in [5.74, 6) is 1.40. The Morgan fingerprint density at radius 2 is 2.09 bits per heavy atom. The molecule has 122 valence electrons. The topological polar surface area (TPSA) is 58.6 Å². The highest BCUT2D eigenvalue weighted by Gasteiger charge is 2.33. The lowest BCUT2D eigenvalue weighted by Gasteiger charge is -2.23. The number of fused-ring (bicyclic) bond motifs is 1. The smallest absolute Gasteiger partial charge is 0.280 e. The summed E-state index contributed by atoms with van der Waals surface area (Å²) in [5.41, 5.74) is 2.17. The molecule has 0 saturated heterocycles. The second-order valence-electron chi connectivity index (χ2n) is 6.14. The Hall–Kier alpha value is -1.11. The highest BCUT2D eigenvalue weighted by Crippen LogP contribution is 2.37. The lowest BCUT2D eigenvalue weighted by molar-refractivity contribution is 0.397. The van der Waals surface area contributed by atoms with E-state index in [0.717, 1.165) is 42.6 Å². The van der Waals surface area contributed by atoms with Gasteiger partial charge in [-0.2, -0.15) is 17.4 Å². The van der Waals surface area contributed by atoms with Crippen molar-refractivity contribution in [2.75, 3.05) is 20.2 Å². The van der Waals surface area contributed by atoms with Crippen LogP contribution < -0.4 is 9.46 Å². The van der Waals surface area contributed by atoms with Crippen molar-refractivity contribution >= 4 is 10.2 Å². The summed E-state index contributed by atoms with van der Waals surface area (Å²) in [6, 6.07) is 5.70. The fourth-order valence-corrected chi connectivity index (χ4v) is 4.67. The van der Waals surface area contributed by atoms with Crippen LogP contribution in [0.4, 0.5) is 0 Å². The monoisotopic (exact) mass is 324 g/mol. The van der Waals surface area contributed by atoms with Crippen LogP contribution in [0, 0.1) is 5.92 Å². The van der Waals surface area contributed by atoms with Crippen molar-refractivity contribution in [1.29, 1.82) is 0 Å². The molecule has 0 amide bonds. The fourth-order valence-electron chi connectivity index (χ4n) is 3.17. The third-order valence-electron chi connectivity index (χ3n) is 4.59. The van der Waals surface area contributed by atoms with Crippen LogP contribution in [0.25, 0.3) is 0 Å². The molecule has 0 aromatic heterocycles. The molecule has 1 unspecified atom stereocenters. The molecule has 6 heteroatoms. The summed E-state index contributed by atoms with van der Waals surface area (Å²) in [4.78, 5) is 0. The van der Waals surface area contributed by atoms with Crippen molar-refractivity contribution < 1.29 is 13.2 Å². The number of methoxy groups -OCH3 is 1. The SMILES string of the molecule is CCN(CC1CC1)S(=O)(=O)NC1CCc2c(OC)cccc21. The van der Waals surface area contributed by atoms with Gasteiger partial charge in [0.25, 0.3) is 10.2 Å². The summed E-state index contributed by atoms with van der Waals surface area (Å²) in [6.07, 6.45) is 3.93. The Bertz CT molecular complexity index is 641. The highest BCUT2D eigenvalue weighted by atomic mass is 32.2. The molecule has 1 N–H and O–H groups in total. The van der Waals surface area contributed by atoms with Crippen LogP contribution >= 0.6 is 0 Å². The minimum absolute atomic E-state index is 0.150. The van der Waals surface area contributed by atoms with E-state index >= 15 is 0 Å². The van der Waals surface area contributed by atoms with E-state index in [1.165, 1.54) is 0 Å². The second kappa shape index (κ2) is 6.18. The zero-order chi connectivity index (χ0) is 15.7. The first-order valence-corrected chi connectivity index (χ1v) is 9.42. The van der Waals surface area contributed by atoms with Gasteiger partial charge in [-0.1, -0.05) is 19.1 Å². The van der Waals surface area contributed by atoms with E-state index in [1.807, 2.05) is 25.1 Å². The maximum Gasteiger partial charge on any atom is 0.280 e. The van der Waals surface area contributed by atoms with Gasteiger partial charge in [0, 0.05) is 19.1 Å². The van der Waals surface area contributed by atoms with E-state index in [-0.39, 0.29) is 6.04 Å². The van der Waals surface area contributed by atoms with Crippen molar-refractivity contribution in [3.05, 3.63) is 29.3 Å². The van der Waals surface area contributed by atoms with E-state index in [4.69, 9.17) is 4.74 Å². The van der Waals surface area contributed by atoms with Crippen molar-refractivity contribution in [1.82, 2.24) is 9.03 Å². The first kappa shape index (κ1) is 15.8. The standard InChI is InChI=1S/C16H24N2O3S/c1-3-18(11-12-7-8-12)22(19,20)17-15-10-9-14-13(15)5-4-6-16(14)21-2/h4-6,12,15,17H,3,7-11H2,1-2H3. The fraction of sp³-hybridized carbons (Fsp3) is 0.625. The number of ether oxygens (including phenoxy) is 1. The maximum absolute atomic E-state index is 12.6. The number of benzene rings is 1. The molecular formula is C16H24N2O3S. The predicted molar refractivity (Wildman–Crippen MR) is 86.1 cm³/mol. The van der Waals surface area contributed by atoms with Crippen molar-refractivity contribution in [3.63, 3.8) is 0 Å². The zero-order valence-electron chi connectivity index (χ0n) is 13.2. The quantitative estimate of drug-likeness (QED) is 0.837. The predicted octanol–water partition coefficient (Wildman–Crippen LogP) is 2.25. The molecule has 1 atom stereocenters. The molecule has 3 rings (SSSR count). The zero-order valence-corrected chi connectivity index (χ0v) is 14.0. The molecule has 1 aromatic rings. The summed E-state index contributed by atoms with van der Waals surface area (Å²) in [7, 11) is -1.78. The third kappa shape index (κ3) is 3.14.